The number of carbonyl (C=O) groups excluding carboxylic acids is 1. The monoisotopic (exact) mass is 254 g/mol. The lowest BCUT2D eigenvalue weighted by Crippen LogP contribution is -2.32. The number of aromatic nitrogens is 1. The summed E-state index contributed by atoms with van der Waals surface area (Å²) in [5.41, 5.74) is 1.78. The van der Waals surface area contributed by atoms with E-state index in [1.165, 1.54) is 12.8 Å². The Bertz CT molecular complexity index is 527. The van der Waals surface area contributed by atoms with Gasteiger partial charge in [0.2, 0.25) is 5.78 Å². The number of H-pyrrole nitrogens is 1. The molecule has 3 rings (SSSR count). The first-order valence-corrected chi connectivity index (χ1v) is 6.83. The molecule has 0 amide bonds. The summed E-state index contributed by atoms with van der Waals surface area (Å²) in [6.45, 7) is 2.01. The summed E-state index contributed by atoms with van der Waals surface area (Å²) in [6.07, 6.45) is 4.17. The lowest BCUT2D eigenvalue weighted by molar-refractivity contribution is 0.0844. The number of likely N-dealkylation sites (tertiary alicyclic amines) is 1. The molecule has 0 bridgehead atoms. The fourth-order valence-corrected chi connectivity index (χ4v) is 2.79. The normalized spacial score (nSPS) is 17.5. The zero-order valence-corrected chi connectivity index (χ0v) is 10.9. The van der Waals surface area contributed by atoms with Crippen molar-refractivity contribution in [3.05, 3.63) is 59.9 Å². The number of nitrogens with one attached hydrogen (secondary N) is 1. The van der Waals surface area contributed by atoms with Crippen LogP contribution >= 0.6 is 0 Å². The highest BCUT2D eigenvalue weighted by molar-refractivity contribution is 5.99. The Labute approximate surface area is 113 Å². The largest absolute Gasteiger partial charge is 0.359 e. The number of carbonyl (C=O) groups is 1. The molecule has 1 saturated heterocycles. The Morgan fingerprint density at radius 1 is 1.05 bits per heavy atom. The summed E-state index contributed by atoms with van der Waals surface area (Å²) in [5, 5.41) is 0. The van der Waals surface area contributed by atoms with E-state index in [0.29, 0.717) is 5.69 Å². The maximum atomic E-state index is 12.7. The van der Waals surface area contributed by atoms with Crippen molar-refractivity contribution in [1.29, 1.82) is 0 Å². The Kier molecular flexibility index (Phi) is 3.47. The van der Waals surface area contributed by atoms with Crippen molar-refractivity contribution >= 4 is 5.78 Å². The van der Waals surface area contributed by atoms with Gasteiger partial charge in [0.25, 0.3) is 0 Å². The van der Waals surface area contributed by atoms with Crippen molar-refractivity contribution in [1.82, 2.24) is 9.88 Å². The maximum absolute atomic E-state index is 12.7. The van der Waals surface area contributed by atoms with Crippen molar-refractivity contribution in [2.75, 3.05) is 13.1 Å². The summed E-state index contributed by atoms with van der Waals surface area (Å²) < 4.78 is 0. The molecule has 1 atom stereocenters. The van der Waals surface area contributed by atoms with Gasteiger partial charge in [0.05, 0.1) is 5.69 Å². The van der Waals surface area contributed by atoms with Crippen molar-refractivity contribution in [3.8, 4) is 0 Å². The molecule has 19 heavy (non-hydrogen) atoms. The molecule has 0 saturated carbocycles. The predicted octanol–water partition coefficient (Wildman–Crippen LogP) is 3.03. The van der Waals surface area contributed by atoms with Crippen LogP contribution in [0.4, 0.5) is 0 Å². The number of hydrogen-bond acceptors (Lipinski definition) is 2. The molecule has 3 nitrogen and oxygen atoms in total. The van der Waals surface area contributed by atoms with Crippen LogP contribution < -0.4 is 0 Å². The number of benzene rings is 1. The molecule has 3 heteroatoms. The first kappa shape index (κ1) is 12.2. The third kappa shape index (κ3) is 2.47. The molecule has 1 aromatic heterocycles. The number of nitrogens with zero attached hydrogens (tertiary/aromatic N) is 1. The summed E-state index contributed by atoms with van der Waals surface area (Å²) in [7, 11) is 0. The van der Waals surface area contributed by atoms with Gasteiger partial charge in [-0.05, 0) is 43.6 Å². The molecule has 1 aromatic carbocycles. The quantitative estimate of drug-likeness (QED) is 0.851. The third-order valence-electron chi connectivity index (χ3n) is 3.73. The molecule has 0 unspecified atom stereocenters. The van der Waals surface area contributed by atoms with Crippen LogP contribution in [-0.2, 0) is 0 Å². The third-order valence-corrected chi connectivity index (χ3v) is 3.73. The molecule has 1 aliphatic rings. The lowest BCUT2D eigenvalue weighted by Gasteiger charge is -2.26. The average molecular weight is 254 g/mol. The summed E-state index contributed by atoms with van der Waals surface area (Å²) in [4.78, 5) is 18.0. The average Bonchev–Trinajstić information content (AvgIpc) is 3.13. The van der Waals surface area contributed by atoms with Gasteiger partial charge in [-0.25, -0.2) is 0 Å². The van der Waals surface area contributed by atoms with Gasteiger partial charge in [-0.15, -0.1) is 0 Å². The van der Waals surface area contributed by atoms with Gasteiger partial charge >= 0.3 is 0 Å². The van der Waals surface area contributed by atoms with Crippen LogP contribution in [0.2, 0.25) is 0 Å². The lowest BCUT2D eigenvalue weighted by atomic mass is 9.99. The van der Waals surface area contributed by atoms with Crippen molar-refractivity contribution in [3.63, 3.8) is 0 Å². The van der Waals surface area contributed by atoms with Gasteiger partial charge in [0.1, 0.15) is 6.04 Å². The number of Topliss-reactive ketones (excluding diaryl/α,β-unsaturated/α-hetero) is 1. The van der Waals surface area contributed by atoms with E-state index in [2.05, 4.69) is 9.88 Å². The Morgan fingerprint density at radius 3 is 2.42 bits per heavy atom. The topological polar surface area (TPSA) is 36.1 Å². The highest BCUT2D eigenvalue weighted by atomic mass is 16.1. The Balaban J connectivity index is 1.94. The standard InChI is InChI=1S/C16H18N2O/c19-16(14-9-6-10-17-14)15(18-11-4-5-12-18)13-7-2-1-3-8-13/h1-3,6-10,15,17H,4-5,11-12H2/t15-/m0/s1. The summed E-state index contributed by atoms with van der Waals surface area (Å²) >= 11 is 0. The molecule has 1 N–H and O–H groups in total. The van der Waals surface area contributed by atoms with Crippen molar-refractivity contribution < 1.29 is 4.79 Å². The van der Waals surface area contributed by atoms with E-state index < -0.39 is 0 Å². The minimum Gasteiger partial charge on any atom is -0.359 e. The smallest absolute Gasteiger partial charge is 0.200 e. The van der Waals surface area contributed by atoms with Gasteiger partial charge in [-0.2, -0.15) is 0 Å². The van der Waals surface area contributed by atoms with Gasteiger partial charge < -0.3 is 4.98 Å². The summed E-state index contributed by atoms with van der Waals surface area (Å²) in [5.74, 6) is 0.165. The van der Waals surface area contributed by atoms with Crippen LogP contribution in [0.5, 0.6) is 0 Å². The van der Waals surface area contributed by atoms with Crippen LogP contribution in [0, 0.1) is 0 Å². The fraction of sp³-hybridized carbons (Fsp3) is 0.312. The molecule has 1 fully saturated rings. The van der Waals surface area contributed by atoms with E-state index in [1.807, 2.05) is 42.5 Å². The fourth-order valence-electron chi connectivity index (χ4n) is 2.79. The van der Waals surface area contributed by atoms with E-state index in [9.17, 15) is 4.79 Å². The molecule has 98 valence electrons. The van der Waals surface area contributed by atoms with Crippen LogP contribution in [0.3, 0.4) is 0 Å². The molecule has 0 aliphatic carbocycles. The van der Waals surface area contributed by atoms with Crippen LogP contribution in [0.15, 0.2) is 48.7 Å². The zero-order valence-electron chi connectivity index (χ0n) is 10.9. The minimum absolute atomic E-state index is 0.151. The van der Waals surface area contributed by atoms with Gasteiger partial charge in [-0.3, -0.25) is 9.69 Å². The molecular weight excluding hydrogens is 236 g/mol. The number of hydrogen-bond donors (Lipinski definition) is 1. The molecule has 0 radical (unpaired) electrons. The first-order valence-electron chi connectivity index (χ1n) is 6.83. The SMILES string of the molecule is O=C(c1ccc[nH]1)[C@H](c1ccccc1)N1CCCC1. The minimum atomic E-state index is -0.151. The highest BCUT2D eigenvalue weighted by Gasteiger charge is 2.30. The van der Waals surface area contributed by atoms with Crippen LogP contribution in [-0.4, -0.2) is 28.8 Å². The van der Waals surface area contributed by atoms with E-state index in [1.54, 1.807) is 6.20 Å². The first-order chi connectivity index (χ1) is 9.36. The maximum Gasteiger partial charge on any atom is 0.200 e. The van der Waals surface area contributed by atoms with Gasteiger partial charge in [-0.1, -0.05) is 30.3 Å². The Hall–Kier alpha value is -1.87. The second-order valence-electron chi connectivity index (χ2n) is 5.00. The molecule has 0 spiro atoms. The second-order valence-corrected chi connectivity index (χ2v) is 5.00. The molecule has 1 aliphatic heterocycles. The number of rotatable bonds is 4. The van der Waals surface area contributed by atoms with Crippen molar-refractivity contribution in [2.45, 2.75) is 18.9 Å². The molecular formula is C16H18N2O. The van der Waals surface area contributed by atoms with E-state index in [4.69, 9.17) is 0 Å². The van der Waals surface area contributed by atoms with E-state index in [0.717, 1.165) is 18.7 Å². The predicted molar refractivity (Wildman–Crippen MR) is 75.1 cm³/mol. The molecule has 2 aromatic rings. The van der Waals surface area contributed by atoms with Crippen LogP contribution in [0.25, 0.3) is 0 Å². The Morgan fingerprint density at radius 2 is 1.79 bits per heavy atom. The zero-order chi connectivity index (χ0) is 13.1. The molecule has 2 heterocycles. The highest BCUT2D eigenvalue weighted by Crippen LogP contribution is 2.28. The van der Waals surface area contributed by atoms with Crippen molar-refractivity contribution in [2.24, 2.45) is 0 Å². The second kappa shape index (κ2) is 5.41. The number of aromatic amines is 1. The van der Waals surface area contributed by atoms with Crippen LogP contribution in [0.1, 0.15) is 34.9 Å². The van der Waals surface area contributed by atoms with Gasteiger partial charge in [0, 0.05) is 6.20 Å². The van der Waals surface area contributed by atoms with E-state index in [-0.39, 0.29) is 11.8 Å². The van der Waals surface area contributed by atoms with Gasteiger partial charge in [0.15, 0.2) is 0 Å². The van der Waals surface area contributed by atoms with E-state index >= 15 is 0 Å². The number of ketones is 1. The summed E-state index contributed by atoms with van der Waals surface area (Å²) in [6, 6.07) is 13.7.